The average Bonchev–Trinajstić information content (AvgIpc) is 3.12. The molecule has 1 N–H and O–H groups in total. The molecule has 4 aliphatic rings. The molecule has 1 spiro atoms. The van der Waals surface area contributed by atoms with Crippen LogP contribution >= 0.6 is 0 Å². The second-order valence-corrected chi connectivity index (χ2v) is 6.76. The number of hydrogen-bond donors (Lipinski definition) is 1. The fourth-order valence-electron chi connectivity index (χ4n) is 4.00. The molecule has 0 saturated carbocycles. The lowest BCUT2D eigenvalue weighted by Gasteiger charge is -2.50. The zero-order chi connectivity index (χ0) is 15.4. The number of fused-ring (bicyclic) bond motifs is 3. The number of anilines is 1. The van der Waals surface area contributed by atoms with Crippen molar-refractivity contribution < 1.29 is 9.15 Å². The molecule has 0 aromatic carbocycles. The predicted molar refractivity (Wildman–Crippen MR) is 85.4 cm³/mol. The van der Waals surface area contributed by atoms with E-state index in [9.17, 15) is 0 Å². The molecule has 0 amide bonds. The SMILES string of the molecule is Cc1ccc2nc(NC3=NCC4(CN5CCC4CC5)O3)oc2n1. The average molecular weight is 313 g/mol. The highest BCUT2D eigenvalue weighted by molar-refractivity contribution is 5.89. The van der Waals surface area contributed by atoms with E-state index >= 15 is 0 Å². The van der Waals surface area contributed by atoms with E-state index in [4.69, 9.17) is 9.15 Å². The van der Waals surface area contributed by atoms with E-state index < -0.39 is 0 Å². The summed E-state index contributed by atoms with van der Waals surface area (Å²) >= 11 is 0. The summed E-state index contributed by atoms with van der Waals surface area (Å²) < 4.78 is 11.9. The summed E-state index contributed by atoms with van der Waals surface area (Å²) in [6.45, 7) is 5.99. The van der Waals surface area contributed by atoms with Crippen LogP contribution in [0.4, 0.5) is 6.01 Å². The summed E-state index contributed by atoms with van der Waals surface area (Å²) in [6.07, 6.45) is 2.41. The number of oxazole rings is 1. The van der Waals surface area contributed by atoms with Crippen LogP contribution in [-0.2, 0) is 4.74 Å². The van der Waals surface area contributed by atoms with E-state index in [0.29, 0.717) is 30.2 Å². The first-order valence-corrected chi connectivity index (χ1v) is 8.17. The monoisotopic (exact) mass is 313 g/mol. The standard InChI is InChI=1S/C16H19N5O2/c1-10-2-3-12-13(18-10)22-15(19-12)20-14-17-8-16(23-14)9-21-6-4-11(16)5-7-21/h2-3,11H,4-9H2,1H3,(H,17,19,20). The highest BCUT2D eigenvalue weighted by Crippen LogP contribution is 2.40. The van der Waals surface area contributed by atoms with Gasteiger partial charge in [-0.25, -0.2) is 9.98 Å². The van der Waals surface area contributed by atoms with Crippen LogP contribution in [0.3, 0.4) is 0 Å². The summed E-state index contributed by atoms with van der Waals surface area (Å²) in [5, 5.41) is 3.07. The van der Waals surface area contributed by atoms with Crippen molar-refractivity contribution in [3.8, 4) is 0 Å². The Morgan fingerprint density at radius 1 is 1.26 bits per heavy atom. The van der Waals surface area contributed by atoms with Gasteiger partial charge in [0.2, 0.25) is 5.71 Å². The number of hydrogen-bond acceptors (Lipinski definition) is 7. The maximum Gasteiger partial charge on any atom is 0.305 e. The molecule has 2 aromatic rings. The molecule has 7 heteroatoms. The molecule has 120 valence electrons. The van der Waals surface area contributed by atoms with Crippen LogP contribution in [0, 0.1) is 12.8 Å². The molecular formula is C16H19N5O2. The van der Waals surface area contributed by atoms with Gasteiger partial charge in [0.15, 0.2) is 0 Å². The molecule has 4 aliphatic heterocycles. The van der Waals surface area contributed by atoms with E-state index in [1.165, 1.54) is 25.9 Å². The van der Waals surface area contributed by atoms with E-state index in [-0.39, 0.29) is 5.60 Å². The van der Waals surface area contributed by atoms with E-state index in [0.717, 1.165) is 17.8 Å². The Kier molecular flexibility index (Phi) is 2.70. The third kappa shape index (κ3) is 2.10. The Hall–Kier alpha value is -2.15. The second kappa shape index (κ2) is 4.67. The highest BCUT2D eigenvalue weighted by atomic mass is 16.5. The summed E-state index contributed by atoms with van der Waals surface area (Å²) in [6, 6.07) is 4.72. The molecular weight excluding hydrogens is 294 g/mol. The fourth-order valence-corrected chi connectivity index (χ4v) is 4.00. The number of aliphatic imine (C=N–C) groups is 1. The number of aromatic nitrogens is 2. The van der Waals surface area contributed by atoms with Crippen molar-refractivity contribution in [2.24, 2.45) is 10.9 Å². The van der Waals surface area contributed by atoms with E-state index in [1.54, 1.807) is 0 Å². The number of nitrogens with one attached hydrogen (secondary N) is 1. The Labute approximate surface area is 133 Å². The van der Waals surface area contributed by atoms with Gasteiger partial charge in [0.1, 0.15) is 11.1 Å². The molecule has 7 nitrogen and oxygen atoms in total. The van der Waals surface area contributed by atoms with Crippen molar-refractivity contribution in [3.63, 3.8) is 0 Å². The van der Waals surface area contributed by atoms with Gasteiger partial charge in [0.05, 0.1) is 6.54 Å². The normalized spacial score (nSPS) is 32.3. The Bertz CT molecular complexity index is 793. The lowest BCUT2D eigenvalue weighted by atomic mass is 9.75. The Balaban J connectivity index is 1.35. The van der Waals surface area contributed by atoms with Crippen LogP contribution in [-0.4, -0.2) is 52.7 Å². The number of rotatable bonds is 1. The molecule has 1 unspecified atom stereocenters. The van der Waals surface area contributed by atoms with Crippen molar-refractivity contribution >= 4 is 23.3 Å². The maximum absolute atomic E-state index is 6.22. The van der Waals surface area contributed by atoms with Gasteiger partial charge in [-0.1, -0.05) is 0 Å². The van der Waals surface area contributed by atoms with Crippen LogP contribution in [0.15, 0.2) is 21.5 Å². The van der Waals surface area contributed by atoms with Crippen LogP contribution in [0.5, 0.6) is 0 Å². The smallest absolute Gasteiger partial charge is 0.305 e. The number of pyridine rings is 1. The first-order valence-electron chi connectivity index (χ1n) is 8.17. The van der Waals surface area contributed by atoms with Crippen LogP contribution < -0.4 is 5.32 Å². The number of ether oxygens (including phenoxy) is 1. The first kappa shape index (κ1) is 13.3. The molecule has 1 atom stereocenters. The molecule has 2 bridgehead atoms. The number of piperidine rings is 3. The summed E-state index contributed by atoms with van der Waals surface area (Å²) in [4.78, 5) is 15.7. The third-order valence-corrected chi connectivity index (χ3v) is 5.22. The lowest BCUT2D eigenvalue weighted by molar-refractivity contribution is -0.0829. The Morgan fingerprint density at radius 3 is 2.91 bits per heavy atom. The van der Waals surface area contributed by atoms with Gasteiger partial charge in [-0.2, -0.15) is 4.98 Å². The molecule has 2 aromatic heterocycles. The third-order valence-electron chi connectivity index (χ3n) is 5.22. The largest absolute Gasteiger partial charge is 0.455 e. The maximum atomic E-state index is 6.22. The Morgan fingerprint density at radius 2 is 2.13 bits per heavy atom. The van der Waals surface area contributed by atoms with Crippen molar-refractivity contribution in [1.29, 1.82) is 0 Å². The molecule has 6 rings (SSSR count). The summed E-state index contributed by atoms with van der Waals surface area (Å²) in [7, 11) is 0. The molecule has 0 radical (unpaired) electrons. The minimum atomic E-state index is -0.153. The molecule has 3 saturated heterocycles. The number of amidine groups is 1. The zero-order valence-corrected chi connectivity index (χ0v) is 13.1. The van der Waals surface area contributed by atoms with Gasteiger partial charge in [0, 0.05) is 18.2 Å². The zero-order valence-electron chi connectivity index (χ0n) is 13.1. The topological polar surface area (TPSA) is 75.8 Å². The molecule has 0 aliphatic carbocycles. The van der Waals surface area contributed by atoms with Gasteiger partial charge < -0.3 is 9.15 Å². The number of aryl methyl sites for hydroxylation is 1. The second-order valence-electron chi connectivity index (χ2n) is 6.76. The quantitative estimate of drug-likeness (QED) is 0.865. The van der Waals surface area contributed by atoms with Gasteiger partial charge in [-0.3, -0.25) is 10.2 Å². The van der Waals surface area contributed by atoms with Crippen molar-refractivity contribution in [3.05, 3.63) is 17.8 Å². The van der Waals surface area contributed by atoms with Gasteiger partial charge in [0.25, 0.3) is 6.02 Å². The van der Waals surface area contributed by atoms with Crippen LogP contribution in [0.25, 0.3) is 11.2 Å². The van der Waals surface area contributed by atoms with E-state index in [1.807, 2.05) is 19.1 Å². The van der Waals surface area contributed by atoms with Crippen LogP contribution in [0.1, 0.15) is 18.5 Å². The fraction of sp³-hybridized carbons (Fsp3) is 0.562. The van der Waals surface area contributed by atoms with Crippen molar-refractivity contribution in [1.82, 2.24) is 14.9 Å². The summed E-state index contributed by atoms with van der Waals surface area (Å²) in [5.74, 6) is 0.600. The van der Waals surface area contributed by atoms with Crippen molar-refractivity contribution in [2.45, 2.75) is 25.4 Å². The van der Waals surface area contributed by atoms with E-state index in [2.05, 4.69) is 25.2 Å². The lowest BCUT2D eigenvalue weighted by Crippen LogP contribution is -2.61. The molecule has 6 heterocycles. The predicted octanol–water partition coefficient (Wildman–Crippen LogP) is 1.79. The van der Waals surface area contributed by atoms with Crippen LogP contribution in [0.2, 0.25) is 0 Å². The minimum Gasteiger partial charge on any atom is -0.455 e. The highest BCUT2D eigenvalue weighted by Gasteiger charge is 2.51. The first-order chi connectivity index (χ1) is 11.2. The van der Waals surface area contributed by atoms with Gasteiger partial charge in [-0.15, -0.1) is 0 Å². The van der Waals surface area contributed by atoms with Gasteiger partial charge >= 0.3 is 6.01 Å². The number of nitrogens with zero attached hydrogens (tertiary/aromatic N) is 4. The summed E-state index contributed by atoms with van der Waals surface area (Å²) in [5.41, 5.74) is 2.01. The van der Waals surface area contributed by atoms with Crippen molar-refractivity contribution in [2.75, 3.05) is 31.5 Å². The van der Waals surface area contributed by atoms with Gasteiger partial charge in [-0.05, 0) is 45.0 Å². The molecule has 3 fully saturated rings. The minimum absolute atomic E-state index is 0.153. The molecule has 23 heavy (non-hydrogen) atoms.